The van der Waals surface area contributed by atoms with Crippen molar-refractivity contribution in [2.45, 2.75) is 110 Å². The molecule has 2 aliphatic carbocycles. The minimum absolute atomic E-state index is 0.00819. The molecule has 0 bridgehead atoms. The van der Waals surface area contributed by atoms with E-state index in [1.165, 1.54) is 6.42 Å². The lowest BCUT2D eigenvalue weighted by atomic mass is 9.75. The first-order valence-electron chi connectivity index (χ1n) is 16.6. The van der Waals surface area contributed by atoms with Crippen molar-refractivity contribution in [1.29, 1.82) is 0 Å². The highest BCUT2D eigenvalue weighted by Crippen LogP contribution is 2.47. The number of benzene rings is 1. The number of alkyl carbamates (subject to hydrolysis) is 1. The van der Waals surface area contributed by atoms with E-state index in [1.54, 1.807) is 27.7 Å². The molecule has 3 N–H and O–H groups in total. The smallest absolute Gasteiger partial charge is 0.407 e. The van der Waals surface area contributed by atoms with Gasteiger partial charge >= 0.3 is 12.0 Å². The number of amides is 3. The van der Waals surface area contributed by atoms with Crippen molar-refractivity contribution in [2.24, 2.45) is 29.4 Å². The van der Waals surface area contributed by atoms with Crippen molar-refractivity contribution in [1.82, 2.24) is 19.9 Å². The van der Waals surface area contributed by atoms with Gasteiger partial charge in [0.05, 0.1) is 18.5 Å². The van der Waals surface area contributed by atoms with Crippen molar-refractivity contribution in [3.05, 3.63) is 30.1 Å². The lowest BCUT2D eigenvalue weighted by Crippen LogP contribution is -2.65. The molecule has 3 aliphatic rings. The largest absolute Gasteiger partial charge is 0.444 e. The highest BCUT2D eigenvalue weighted by molar-refractivity contribution is 5.98. The maximum absolute atomic E-state index is 14.9. The van der Waals surface area contributed by atoms with Gasteiger partial charge in [0.1, 0.15) is 18.0 Å². The van der Waals surface area contributed by atoms with E-state index in [0.717, 1.165) is 43.4 Å². The van der Waals surface area contributed by atoms with E-state index >= 15 is 0 Å². The summed E-state index contributed by atoms with van der Waals surface area (Å²) in [5.74, 6) is 0.481. The number of aromatic nitrogens is 2. The number of nitrogens with one attached hydrogen (secondary N) is 1. The van der Waals surface area contributed by atoms with Crippen LogP contribution in [0.15, 0.2) is 28.8 Å². The monoisotopic (exact) mass is 626 g/mol. The predicted molar refractivity (Wildman–Crippen MR) is 168 cm³/mol. The number of nitrogens with two attached hydrogens (primary N) is 1. The maximum Gasteiger partial charge on any atom is 0.407 e. The van der Waals surface area contributed by atoms with Crippen molar-refractivity contribution in [3.8, 4) is 11.5 Å². The molecule has 1 unspecified atom stereocenters. The summed E-state index contributed by atoms with van der Waals surface area (Å²) in [5.41, 5.74) is 7.03. The summed E-state index contributed by atoms with van der Waals surface area (Å²) in [6, 6.07) is 6.21. The summed E-state index contributed by atoms with van der Waals surface area (Å²) < 4.78 is 24.8. The van der Waals surface area contributed by atoms with Crippen LogP contribution in [0.4, 0.5) is 14.9 Å². The van der Waals surface area contributed by atoms with Gasteiger partial charge in [0.25, 0.3) is 11.8 Å². The van der Waals surface area contributed by atoms with E-state index in [4.69, 9.17) is 15.0 Å². The first-order chi connectivity index (χ1) is 21.4. The van der Waals surface area contributed by atoms with E-state index in [-0.39, 0.29) is 28.1 Å². The molecule has 4 atom stereocenters. The summed E-state index contributed by atoms with van der Waals surface area (Å²) in [6.45, 7) is 6.86. The Morgan fingerprint density at radius 2 is 1.71 bits per heavy atom. The van der Waals surface area contributed by atoms with Crippen LogP contribution >= 0.6 is 0 Å². The normalized spacial score (nSPS) is 28.4. The minimum atomic E-state index is -0.707. The molecule has 0 spiro atoms. The number of carbonyl (C=O) groups is 3. The maximum atomic E-state index is 14.9. The van der Waals surface area contributed by atoms with Gasteiger partial charge in [0, 0.05) is 30.0 Å². The van der Waals surface area contributed by atoms with Crippen molar-refractivity contribution in [2.75, 3.05) is 13.2 Å². The number of alkyl halides is 1. The number of rotatable bonds is 8. The van der Waals surface area contributed by atoms with E-state index < -0.39 is 36.4 Å². The van der Waals surface area contributed by atoms with E-state index in [1.807, 2.05) is 24.3 Å². The SMILES string of the molecule is Cc1noc(-c2ccc([N+]3(C(=O)C4CCC([C@@H](CF)NC(=O)OC(C)(C)C)CC4)CC[C@@H](C4CCCCC4)[C@H]3C(N)=O)cc2)n1. The number of likely N-dealkylation sites (tertiary alicyclic amines) is 1. The Morgan fingerprint density at radius 1 is 1.04 bits per heavy atom. The molecule has 45 heavy (non-hydrogen) atoms. The van der Waals surface area contributed by atoms with Crippen molar-refractivity contribution >= 4 is 23.6 Å². The third-order valence-corrected chi connectivity index (χ3v) is 10.3. The van der Waals surface area contributed by atoms with E-state index in [9.17, 15) is 18.8 Å². The molecule has 1 aromatic heterocycles. The van der Waals surface area contributed by atoms with E-state index in [2.05, 4.69) is 15.5 Å². The number of nitrogens with zero attached hydrogens (tertiary/aromatic N) is 3. The summed E-state index contributed by atoms with van der Waals surface area (Å²) >= 11 is 0. The molecule has 1 aliphatic heterocycles. The van der Waals surface area contributed by atoms with Crippen molar-refractivity contribution < 1.29 is 28.0 Å². The Labute approximate surface area is 265 Å². The molecule has 2 aromatic rings. The minimum Gasteiger partial charge on any atom is -0.444 e. The highest BCUT2D eigenvalue weighted by Gasteiger charge is 2.60. The Kier molecular flexibility index (Phi) is 9.96. The number of hydrogen-bond donors (Lipinski definition) is 2. The van der Waals surface area contributed by atoms with Crippen LogP contribution in [-0.4, -0.2) is 59.0 Å². The van der Waals surface area contributed by atoms with Crippen LogP contribution in [0.3, 0.4) is 0 Å². The second-order valence-corrected chi connectivity index (χ2v) is 14.3. The van der Waals surface area contributed by atoms with Gasteiger partial charge in [-0.3, -0.25) is 4.79 Å². The van der Waals surface area contributed by atoms with Gasteiger partial charge in [-0.25, -0.2) is 18.5 Å². The van der Waals surface area contributed by atoms with Crippen LogP contribution in [0, 0.1) is 30.6 Å². The lowest BCUT2D eigenvalue weighted by Gasteiger charge is -2.42. The average molecular weight is 627 g/mol. The van der Waals surface area contributed by atoms with Crippen LogP contribution < -0.4 is 15.5 Å². The van der Waals surface area contributed by atoms with Crippen LogP contribution in [-0.2, 0) is 14.3 Å². The van der Waals surface area contributed by atoms with Crippen LogP contribution in [0.5, 0.6) is 0 Å². The third kappa shape index (κ3) is 7.08. The molecule has 2 heterocycles. The van der Waals surface area contributed by atoms with Crippen LogP contribution in [0.1, 0.15) is 90.8 Å². The molecule has 3 fully saturated rings. The number of hydrogen-bond acceptors (Lipinski definition) is 7. The predicted octanol–water partition coefficient (Wildman–Crippen LogP) is 6.00. The number of primary amides is 1. The van der Waals surface area contributed by atoms with Gasteiger partial charge in [0.2, 0.25) is 0 Å². The second kappa shape index (κ2) is 13.6. The molecule has 246 valence electrons. The Hall–Kier alpha value is -3.34. The topological polar surface area (TPSA) is 137 Å². The molecular formula is C34H49FN5O5+. The quantitative estimate of drug-likeness (QED) is 0.343. The number of halogens is 1. The molecular weight excluding hydrogens is 577 g/mol. The number of carbonyl (C=O) groups excluding carboxylic acids is 3. The fourth-order valence-corrected chi connectivity index (χ4v) is 8.24. The van der Waals surface area contributed by atoms with Crippen molar-refractivity contribution in [3.63, 3.8) is 0 Å². The average Bonchev–Trinajstić information content (AvgIpc) is 3.64. The van der Waals surface area contributed by atoms with Crippen LogP contribution in [0.25, 0.3) is 11.5 Å². The summed E-state index contributed by atoms with van der Waals surface area (Å²) in [4.78, 5) is 45.0. The second-order valence-electron chi connectivity index (χ2n) is 14.3. The molecule has 1 saturated heterocycles. The van der Waals surface area contributed by atoms with Gasteiger partial charge in [0.15, 0.2) is 11.9 Å². The first kappa shape index (κ1) is 33.0. The summed E-state index contributed by atoms with van der Waals surface area (Å²) in [7, 11) is 0. The zero-order valence-corrected chi connectivity index (χ0v) is 27.1. The van der Waals surface area contributed by atoms with Crippen LogP contribution in [0.2, 0.25) is 0 Å². The summed E-state index contributed by atoms with van der Waals surface area (Å²) in [5, 5.41) is 6.60. The fraction of sp³-hybridized carbons (Fsp3) is 0.676. The summed E-state index contributed by atoms with van der Waals surface area (Å²) in [6.07, 6.45) is 7.97. The Morgan fingerprint density at radius 3 is 2.27 bits per heavy atom. The number of aryl methyl sites for hydroxylation is 1. The Bertz CT molecular complexity index is 1340. The molecule has 1 aromatic carbocycles. The van der Waals surface area contributed by atoms with Gasteiger partial charge in [-0.2, -0.15) is 4.98 Å². The van der Waals surface area contributed by atoms with Gasteiger partial charge in [-0.1, -0.05) is 24.4 Å². The molecule has 10 nitrogen and oxygen atoms in total. The fourth-order valence-electron chi connectivity index (χ4n) is 8.24. The molecule has 5 rings (SSSR count). The Balaban J connectivity index is 1.41. The number of ether oxygens (including phenoxy) is 1. The standard InChI is InChI=1S/C34H48FN5O5/c1-21-37-31(45-39-21)24-14-16-26(17-15-24)40(19-18-27(29(40)30(36)41)22-8-6-5-7-9-22)32(42)25-12-10-23(11-13-25)28(20-35)38-33(43)44-34(2,3)4/h14-17,22-23,25,27-29H,5-13,18-20H2,1-4H3,(H2-,36,38,41,43)/p+1/t23?,25?,27-,28+,29-,40?/m0/s1. The molecule has 0 radical (unpaired) electrons. The molecule has 2 saturated carbocycles. The van der Waals surface area contributed by atoms with E-state index in [0.29, 0.717) is 49.9 Å². The van der Waals surface area contributed by atoms with Gasteiger partial charge < -0.3 is 20.3 Å². The zero-order chi connectivity index (χ0) is 32.4. The number of quaternary nitrogens is 1. The zero-order valence-electron chi connectivity index (χ0n) is 27.1. The third-order valence-electron chi connectivity index (χ3n) is 10.3. The first-order valence-corrected chi connectivity index (χ1v) is 16.6. The lowest BCUT2D eigenvalue weighted by molar-refractivity contribution is -0.142. The van der Waals surface area contributed by atoms with Gasteiger partial charge in [-0.15, -0.1) is 0 Å². The molecule has 3 amide bonds. The molecule has 11 heteroatoms. The van der Waals surface area contributed by atoms with Gasteiger partial charge in [-0.05, 0) is 90.2 Å². The highest BCUT2D eigenvalue weighted by atomic mass is 19.1.